The molecule has 0 bridgehead atoms. The molecule has 1 aromatic heterocycles. The normalized spacial score (nSPS) is 18.5. The molecule has 0 saturated carbocycles. The Kier molecular flexibility index (Phi) is 7.01. The molecule has 0 spiro atoms. The molecule has 1 amide bonds. The molecule has 0 aliphatic carbocycles. The minimum Gasteiger partial charge on any atom is -0.342 e. The number of benzene rings is 1. The molecule has 6 nitrogen and oxygen atoms in total. The van der Waals surface area contributed by atoms with Crippen LogP contribution in [0.1, 0.15) is 38.6 Å². The lowest BCUT2D eigenvalue weighted by atomic mass is 10.0. The number of aromatic nitrogens is 3. The number of rotatable bonds is 6. The molecule has 28 heavy (non-hydrogen) atoms. The fourth-order valence-electron chi connectivity index (χ4n) is 3.34. The first kappa shape index (κ1) is 21.1. The number of carbonyl (C=O) groups is 1. The SMILES string of the molecule is C[C@H]1CCCN(C(=O)CSc2nnc([C@H](C)N(C)C)n2-c2ccc(Cl)cc2)C1. The van der Waals surface area contributed by atoms with Gasteiger partial charge in [0, 0.05) is 23.8 Å². The summed E-state index contributed by atoms with van der Waals surface area (Å²) < 4.78 is 2.03. The van der Waals surface area contributed by atoms with E-state index in [1.165, 1.54) is 18.2 Å². The molecule has 2 atom stereocenters. The highest BCUT2D eigenvalue weighted by Gasteiger charge is 2.24. The minimum atomic E-state index is 0.0798. The summed E-state index contributed by atoms with van der Waals surface area (Å²) in [7, 11) is 4.03. The third kappa shape index (κ3) is 4.88. The zero-order valence-electron chi connectivity index (χ0n) is 16.9. The van der Waals surface area contributed by atoms with Gasteiger partial charge in [0.05, 0.1) is 11.8 Å². The van der Waals surface area contributed by atoms with Crippen LogP contribution < -0.4 is 0 Å². The number of piperidine rings is 1. The van der Waals surface area contributed by atoms with E-state index >= 15 is 0 Å². The number of hydrogen-bond acceptors (Lipinski definition) is 5. The highest BCUT2D eigenvalue weighted by Crippen LogP contribution is 2.28. The summed E-state index contributed by atoms with van der Waals surface area (Å²) in [5.41, 5.74) is 0.944. The van der Waals surface area contributed by atoms with Crippen LogP contribution in [0.5, 0.6) is 0 Å². The molecule has 1 fully saturated rings. The molecule has 3 rings (SSSR count). The second-order valence-corrected chi connectivity index (χ2v) is 9.05. The van der Waals surface area contributed by atoms with Crippen LogP contribution in [0.2, 0.25) is 5.02 Å². The number of nitrogens with zero attached hydrogens (tertiary/aromatic N) is 5. The van der Waals surface area contributed by atoms with Crippen molar-refractivity contribution in [3.63, 3.8) is 0 Å². The predicted octanol–water partition coefficient (Wildman–Crippen LogP) is 3.89. The molecule has 2 heterocycles. The molecule has 1 aromatic carbocycles. The van der Waals surface area contributed by atoms with Crippen molar-refractivity contribution >= 4 is 29.3 Å². The lowest BCUT2D eigenvalue weighted by Crippen LogP contribution is -2.40. The number of halogens is 1. The maximum Gasteiger partial charge on any atom is 0.233 e. The second-order valence-electron chi connectivity index (χ2n) is 7.67. The molecule has 0 unspecified atom stereocenters. The van der Waals surface area contributed by atoms with Gasteiger partial charge in [0.2, 0.25) is 5.91 Å². The smallest absolute Gasteiger partial charge is 0.233 e. The van der Waals surface area contributed by atoms with Gasteiger partial charge in [-0.1, -0.05) is 30.3 Å². The standard InChI is InChI=1S/C20H28ClN5OS/c1-14-6-5-11-25(12-14)18(27)13-28-20-23-22-19(15(2)24(3)4)26(20)17-9-7-16(21)8-10-17/h7-10,14-15H,5-6,11-13H2,1-4H3/t14-,15-/m0/s1. The van der Waals surface area contributed by atoms with Crippen LogP contribution in [0.4, 0.5) is 0 Å². The molecule has 152 valence electrons. The molecular formula is C20H28ClN5OS. The number of thioether (sulfide) groups is 1. The monoisotopic (exact) mass is 421 g/mol. The van der Waals surface area contributed by atoms with Crippen molar-refractivity contribution in [1.82, 2.24) is 24.6 Å². The summed E-state index contributed by atoms with van der Waals surface area (Å²) in [6, 6.07) is 7.70. The van der Waals surface area contributed by atoms with E-state index in [1.807, 2.05) is 47.8 Å². The summed E-state index contributed by atoms with van der Waals surface area (Å²) in [5.74, 6) is 1.96. The summed E-state index contributed by atoms with van der Waals surface area (Å²) >= 11 is 7.51. The number of likely N-dealkylation sites (tertiary alicyclic amines) is 1. The molecule has 8 heteroatoms. The third-order valence-corrected chi connectivity index (χ3v) is 6.39. The Labute approximate surface area is 176 Å². The summed E-state index contributed by atoms with van der Waals surface area (Å²) in [6.07, 6.45) is 2.29. The minimum absolute atomic E-state index is 0.0798. The highest BCUT2D eigenvalue weighted by atomic mass is 35.5. The fraction of sp³-hybridized carbons (Fsp3) is 0.550. The van der Waals surface area contributed by atoms with Gasteiger partial charge in [0.15, 0.2) is 11.0 Å². The van der Waals surface area contributed by atoms with Crippen LogP contribution in [-0.2, 0) is 4.79 Å². The van der Waals surface area contributed by atoms with E-state index in [0.29, 0.717) is 16.7 Å². The first-order valence-electron chi connectivity index (χ1n) is 9.65. The van der Waals surface area contributed by atoms with E-state index in [9.17, 15) is 4.79 Å². The average Bonchev–Trinajstić information content (AvgIpc) is 3.09. The molecule has 1 saturated heterocycles. The summed E-state index contributed by atoms with van der Waals surface area (Å²) in [4.78, 5) is 16.7. The lowest BCUT2D eigenvalue weighted by molar-refractivity contribution is -0.130. The van der Waals surface area contributed by atoms with Gasteiger partial charge in [0.1, 0.15) is 0 Å². The van der Waals surface area contributed by atoms with Crippen molar-refractivity contribution in [3.8, 4) is 5.69 Å². The molecular weight excluding hydrogens is 394 g/mol. The zero-order chi connectivity index (χ0) is 20.3. The van der Waals surface area contributed by atoms with Crippen LogP contribution in [0.25, 0.3) is 5.69 Å². The van der Waals surface area contributed by atoms with Gasteiger partial charge in [-0.3, -0.25) is 14.3 Å². The van der Waals surface area contributed by atoms with Crippen molar-refractivity contribution in [3.05, 3.63) is 35.1 Å². The van der Waals surface area contributed by atoms with E-state index < -0.39 is 0 Å². The van der Waals surface area contributed by atoms with E-state index in [1.54, 1.807) is 0 Å². The van der Waals surface area contributed by atoms with E-state index in [4.69, 9.17) is 11.6 Å². The van der Waals surface area contributed by atoms with Crippen LogP contribution in [0, 0.1) is 5.92 Å². The van der Waals surface area contributed by atoms with Crippen molar-refractivity contribution in [2.24, 2.45) is 5.92 Å². The maximum atomic E-state index is 12.7. The van der Waals surface area contributed by atoms with Gasteiger partial charge in [-0.15, -0.1) is 10.2 Å². The first-order chi connectivity index (χ1) is 13.4. The van der Waals surface area contributed by atoms with Crippen molar-refractivity contribution in [2.75, 3.05) is 32.9 Å². The highest BCUT2D eigenvalue weighted by molar-refractivity contribution is 7.99. The Hall–Kier alpha value is -1.57. The second kappa shape index (κ2) is 9.29. The Morgan fingerprint density at radius 1 is 1.32 bits per heavy atom. The van der Waals surface area contributed by atoms with Crippen LogP contribution in [0.15, 0.2) is 29.4 Å². The Morgan fingerprint density at radius 3 is 2.68 bits per heavy atom. The zero-order valence-corrected chi connectivity index (χ0v) is 18.5. The van der Waals surface area contributed by atoms with E-state index in [2.05, 4.69) is 28.9 Å². The quantitative estimate of drug-likeness (QED) is 0.662. The van der Waals surface area contributed by atoms with Gasteiger partial charge < -0.3 is 4.90 Å². The largest absolute Gasteiger partial charge is 0.342 e. The van der Waals surface area contributed by atoms with Gasteiger partial charge >= 0.3 is 0 Å². The maximum absolute atomic E-state index is 12.7. The fourth-order valence-corrected chi connectivity index (χ4v) is 4.33. The lowest BCUT2D eigenvalue weighted by Gasteiger charge is -2.30. The van der Waals surface area contributed by atoms with E-state index in [-0.39, 0.29) is 11.9 Å². The van der Waals surface area contributed by atoms with Crippen LogP contribution in [-0.4, -0.2) is 63.4 Å². The summed E-state index contributed by atoms with van der Waals surface area (Å²) in [5, 5.41) is 10.2. The van der Waals surface area contributed by atoms with Crippen molar-refractivity contribution in [1.29, 1.82) is 0 Å². The molecule has 2 aromatic rings. The van der Waals surface area contributed by atoms with Crippen LogP contribution in [0.3, 0.4) is 0 Å². The van der Waals surface area contributed by atoms with Gasteiger partial charge in [0.25, 0.3) is 0 Å². The average molecular weight is 422 g/mol. The number of carbonyl (C=O) groups excluding carboxylic acids is 1. The summed E-state index contributed by atoms with van der Waals surface area (Å²) in [6.45, 7) is 6.01. The Morgan fingerprint density at radius 2 is 2.04 bits per heavy atom. The molecule has 1 aliphatic rings. The number of amides is 1. The topological polar surface area (TPSA) is 54.3 Å². The van der Waals surface area contributed by atoms with E-state index in [0.717, 1.165) is 36.2 Å². The Bertz CT molecular complexity index is 807. The van der Waals surface area contributed by atoms with Gasteiger partial charge in [-0.25, -0.2) is 0 Å². The molecule has 0 radical (unpaired) electrons. The molecule has 1 aliphatic heterocycles. The van der Waals surface area contributed by atoms with Crippen molar-refractivity contribution in [2.45, 2.75) is 37.9 Å². The van der Waals surface area contributed by atoms with Gasteiger partial charge in [-0.2, -0.15) is 0 Å². The van der Waals surface area contributed by atoms with Crippen molar-refractivity contribution < 1.29 is 4.79 Å². The molecule has 0 N–H and O–H groups in total. The Balaban J connectivity index is 1.82. The third-order valence-electron chi connectivity index (χ3n) is 5.23. The van der Waals surface area contributed by atoms with Gasteiger partial charge in [-0.05, 0) is 64.0 Å². The predicted molar refractivity (Wildman–Crippen MR) is 114 cm³/mol. The number of hydrogen-bond donors (Lipinski definition) is 0. The van der Waals surface area contributed by atoms with Crippen LogP contribution >= 0.6 is 23.4 Å². The first-order valence-corrected chi connectivity index (χ1v) is 11.0.